The normalized spacial score (nSPS) is 10.3. The number of carbonyl (C=O) groups is 3. The molecule has 3 amide bonds. The number of ether oxygens (including phenoxy) is 1. The summed E-state index contributed by atoms with van der Waals surface area (Å²) in [7, 11) is 0. The van der Waals surface area contributed by atoms with Crippen molar-refractivity contribution in [3.63, 3.8) is 0 Å². The summed E-state index contributed by atoms with van der Waals surface area (Å²) in [5.41, 5.74) is 7.28. The lowest BCUT2D eigenvalue weighted by molar-refractivity contribution is -0.125. The molecule has 1 aromatic heterocycles. The maximum atomic E-state index is 12.0. The van der Waals surface area contributed by atoms with Gasteiger partial charge in [0.25, 0.3) is 5.91 Å². The number of aromatic nitrogens is 3. The van der Waals surface area contributed by atoms with Crippen LogP contribution in [0.15, 0.2) is 61.2 Å². The van der Waals surface area contributed by atoms with Gasteiger partial charge in [0.15, 0.2) is 6.61 Å². The molecule has 0 spiro atoms. The molecule has 0 radical (unpaired) electrons. The van der Waals surface area contributed by atoms with Crippen LogP contribution in [0.5, 0.6) is 5.75 Å². The van der Waals surface area contributed by atoms with Crippen LogP contribution in [0.2, 0.25) is 0 Å². The summed E-state index contributed by atoms with van der Waals surface area (Å²) in [6.45, 7) is -0.431. The van der Waals surface area contributed by atoms with Crippen LogP contribution < -0.4 is 21.1 Å². The lowest BCUT2D eigenvalue weighted by Gasteiger charge is -2.09. The summed E-state index contributed by atoms with van der Waals surface area (Å²) >= 11 is 0. The molecule has 1 heterocycles. The summed E-state index contributed by atoms with van der Waals surface area (Å²) in [4.78, 5) is 38.6. The van der Waals surface area contributed by atoms with Crippen molar-refractivity contribution >= 4 is 23.4 Å². The molecule has 0 atom stereocenters. The highest BCUT2D eigenvalue weighted by molar-refractivity contribution is 5.94. The predicted molar refractivity (Wildman–Crippen MR) is 108 cm³/mol. The van der Waals surface area contributed by atoms with Gasteiger partial charge in [-0.25, -0.2) is 9.67 Å². The average molecular weight is 408 g/mol. The Labute approximate surface area is 172 Å². The minimum Gasteiger partial charge on any atom is -0.484 e. The minimum atomic E-state index is -0.437. The van der Waals surface area contributed by atoms with Gasteiger partial charge in [0.05, 0.1) is 18.7 Å². The molecule has 154 valence electrons. The molecule has 4 N–H and O–H groups in total. The molecular formula is C20H20N6O4. The van der Waals surface area contributed by atoms with Gasteiger partial charge in [-0.15, -0.1) is 0 Å². The Hall–Kier alpha value is -4.21. The highest BCUT2D eigenvalue weighted by Crippen LogP contribution is 2.13. The van der Waals surface area contributed by atoms with E-state index in [0.29, 0.717) is 11.4 Å². The van der Waals surface area contributed by atoms with E-state index >= 15 is 0 Å². The van der Waals surface area contributed by atoms with Crippen molar-refractivity contribution in [1.29, 1.82) is 0 Å². The van der Waals surface area contributed by atoms with Crippen molar-refractivity contribution in [3.8, 4) is 11.4 Å². The Balaban J connectivity index is 1.39. The van der Waals surface area contributed by atoms with Gasteiger partial charge in [-0.2, -0.15) is 5.10 Å². The molecule has 3 aromatic rings. The van der Waals surface area contributed by atoms with Crippen molar-refractivity contribution in [2.75, 3.05) is 18.5 Å². The maximum absolute atomic E-state index is 12.0. The summed E-state index contributed by atoms with van der Waals surface area (Å²) in [5.74, 6) is -0.761. The predicted octanol–water partition coefficient (Wildman–Crippen LogP) is 0.429. The number of amides is 3. The van der Waals surface area contributed by atoms with Gasteiger partial charge in [-0.05, 0) is 42.0 Å². The van der Waals surface area contributed by atoms with E-state index in [2.05, 4.69) is 20.7 Å². The number of hydrogen-bond donors (Lipinski definition) is 3. The van der Waals surface area contributed by atoms with E-state index in [1.54, 1.807) is 59.5 Å². The summed E-state index contributed by atoms with van der Waals surface area (Å²) in [6, 6.07) is 13.7. The molecule has 0 bridgehead atoms. The third-order valence-corrected chi connectivity index (χ3v) is 3.95. The lowest BCUT2D eigenvalue weighted by Crippen LogP contribution is -2.35. The smallest absolute Gasteiger partial charge is 0.258 e. The van der Waals surface area contributed by atoms with Gasteiger partial charge in [0.1, 0.15) is 18.4 Å². The van der Waals surface area contributed by atoms with E-state index in [9.17, 15) is 14.4 Å². The fraction of sp³-hybridized carbons (Fsp3) is 0.150. The van der Waals surface area contributed by atoms with Gasteiger partial charge in [-0.1, -0.05) is 12.1 Å². The molecule has 30 heavy (non-hydrogen) atoms. The number of hydrogen-bond acceptors (Lipinski definition) is 6. The van der Waals surface area contributed by atoms with E-state index < -0.39 is 11.8 Å². The molecule has 0 fully saturated rings. The quantitative estimate of drug-likeness (QED) is 0.469. The number of nitrogens with two attached hydrogens (primary N) is 1. The Morgan fingerprint density at radius 3 is 2.37 bits per heavy atom. The molecule has 0 aliphatic heterocycles. The number of carbonyl (C=O) groups excluding carboxylic acids is 3. The van der Waals surface area contributed by atoms with Crippen LogP contribution in [0.1, 0.15) is 5.56 Å². The SMILES string of the molecule is NC(=O)Cc1ccc(OCC(=O)NCC(=O)Nc2ccc(-n3cncn3)cc2)cc1. The molecule has 0 saturated heterocycles. The number of rotatable bonds is 9. The third-order valence-electron chi connectivity index (χ3n) is 3.95. The molecule has 0 unspecified atom stereocenters. The van der Waals surface area contributed by atoms with Crippen LogP contribution >= 0.6 is 0 Å². The molecule has 0 aliphatic carbocycles. The molecular weight excluding hydrogens is 388 g/mol. The zero-order chi connectivity index (χ0) is 21.3. The first-order valence-corrected chi connectivity index (χ1v) is 9.01. The number of anilines is 1. The summed E-state index contributed by atoms with van der Waals surface area (Å²) in [6.07, 6.45) is 3.14. The first kappa shape index (κ1) is 20.5. The highest BCUT2D eigenvalue weighted by Gasteiger charge is 2.08. The zero-order valence-electron chi connectivity index (χ0n) is 15.9. The number of nitrogens with one attached hydrogen (secondary N) is 2. The van der Waals surface area contributed by atoms with Gasteiger partial charge < -0.3 is 21.1 Å². The second-order valence-corrected chi connectivity index (χ2v) is 6.29. The van der Waals surface area contributed by atoms with Gasteiger partial charge in [0.2, 0.25) is 11.8 Å². The first-order valence-electron chi connectivity index (χ1n) is 9.01. The Morgan fingerprint density at radius 2 is 1.73 bits per heavy atom. The van der Waals surface area contributed by atoms with Crippen molar-refractivity contribution < 1.29 is 19.1 Å². The van der Waals surface area contributed by atoms with Gasteiger partial charge >= 0.3 is 0 Å². The standard InChI is InChI=1S/C20H20N6O4/c21-18(27)9-14-1-7-17(8-2-14)30-11-20(29)23-10-19(28)25-15-3-5-16(6-4-15)26-13-22-12-24-26/h1-8,12-13H,9-11H2,(H2,21,27)(H,23,29)(H,25,28). The lowest BCUT2D eigenvalue weighted by atomic mass is 10.1. The van der Waals surface area contributed by atoms with Crippen molar-refractivity contribution in [3.05, 3.63) is 66.7 Å². The topological polar surface area (TPSA) is 141 Å². The number of benzene rings is 2. The van der Waals surface area contributed by atoms with Gasteiger partial charge in [0, 0.05) is 5.69 Å². The van der Waals surface area contributed by atoms with E-state index in [0.717, 1.165) is 11.3 Å². The summed E-state index contributed by atoms with van der Waals surface area (Å²) in [5, 5.41) is 9.19. The Bertz CT molecular complexity index is 1000. The third kappa shape index (κ3) is 6.16. The zero-order valence-corrected chi connectivity index (χ0v) is 15.9. The Morgan fingerprint density at radius 1 is 1.00 bits per heavy atom. The van der Waals surface area contributed by atoms with Gasteiger partial charge in [-0.3, -0.25) is 14.4 Å². The van der Waals surface area contributed by atoms with Crippen LogP contribution in [-0.4, -0.2) is 45.6 Å². The Kier molecular flexibility index (Phi) is 6.72. The minimum absolute atomic E-state index is 0.138. The van der Waals surface area contributed by atoms with E-state index in [1.807, 2.05) is 0 Å². The van der Waals surface area contributed by atoms with E-state index in [-0.39, 0.29) is 25.5 Å². The second kappa shape index (κ2) is 9.82. The number of nitrogens with zero attached hydrogens (tertiary/aromatic N) is 3. The maximum Gasteiger partial charge on any atom is 0.258 e. The van der Waals surface area contributed by atoms with Crippen molar-refractivity contribution in [1.82, 2.24) is 20.1 Å². The van der Waals surface area contributed by atoms with Crippen molar-refractivity contribution in [2.45, 2.75) is 6.42 Å². The molecule has 0 aliphatic rings. The largest absolute Gasteiger partial charge is 0.484 e. The average Bonchev–Trinajstić information content (AvgIpc) is 3.27. The van der Waals surface area contributed by atoms with Crippen LogP contribution in [0.4, 0.5) is 5.69 Å². The monoisotopic (exact) mass is 408 g/mol. The van der Waals surface area contributed by atoms with Crippen molar-refractivity contribution in [2.24, 2.45) is 5.73 Å². The second-order valence-electron chi connectivity index (χ2n) is 6.29. The van der Waals surface area contributed by atoms with E-state index in [1.165, 1.54) is 6.33 Å². The molecule has 10 nitrogen and oxygen atoms in total. The fourth-order valence-electron chi connectivity index (χ4n) is 2.53. The first-order chi connectivity index (χ1) is 14.5. The number of primary amides is 1. The molecule has 3 rings (SSSR count). The molecule has 10 heteroatoms. The molecule has 2 aromatic carbocycles. The fourth-order valence-corrected chi connectivity index (χ4v) is 2.53. The van der Waals surface area contributed by atoms with Crippen LogP contribution in [-0.2, 0) is 20.8 Å². The van der Waals surface area contributed by atoms with Crippen LogP contribution in [0.3, 0.4) is 0 Å². The molecule has 0 saturated carbocycles. The van der Waals surface area contributed by atoms with Crippen LogP contribution in [0, 0.1) is 0 Å². The van der Waals surface area contributed by atoms with E-state index in [4.69, 9.17) is 10.5 Å². The van der Waals surface area contributed by atoms with Crippen LogP contribution in [0.25, 0.3) is 5.69 Å². The summed E-state index contributed by atoms with van der Waals surface area (Å²) < 4.78 is 6.95. The highest BCUT2D eigenvalue weighted by atomic mass is 16.5.